The average molecular weight is 480 g/mol. The summed E-state index contributed by atoms with van der Waals surface area (Å²) in [4.78, 5) is 16.7. The summed E-state index contributed by atoms with van der Waals surface area (Å²) in [6.07, 6.45) is 3.12. The highest BCUT2D eigenvalue weighted by Crippen LogP contribution is 2.36. The molecule has 0 spiro atoms. The van der Waals surface area contributed by atoms with Gasteiger partial charge in [0.05, 0.1) is 24.4 Å². The van der Waals surface area contributed by atoms with Gasteiger partial charge in [-0.2, -0.15) is 0 Å². The molecule has 1 N–H and O–H groups in total. The molecule has 1 amide bonds. The van der Waals surface area contributed by atoms with Gasteiger partial charge in [-0.25, -0.2) is 4.98 Å². The molecule has 8 heteroatoms. The molecule has 1 aromatic heterocycles. The number of anilines is 1. The first-order valence-electron chi connectivity index (χ1n) is 8.13. The van der Waals surface area contributed by atoms with Crippen LogP contribution in [0.25, 0.3) is 17.3 Å². The van der Waals surface area contributed by atoms with Gasteiger partial charge in [-0.05, 0) is 45.8 Å². The van der Waals surface area contributed by atoms with E-state index in [1.165, 1.54) is 17.4 Å². The third-order valence-electron chi connectivity index (χ3n) is 3.77. The number of aromatic nitrogens is 1. The molecule has 0 saturated carbocycles. The van der Waals surface area contributed by atoms with E-state index in [1.54, 1.807) is 32.4 Å². The lowest BCUT2D eigenvalue weighted by Gasteiger charge is -2.10. The first-order chi connectivity index (χ1) is 13.5. The number of nitrogens with zero attached hydrogens (tertiary/aromatic N) is 1. The van der Waals surface area contributed by atoms with Gasteiger partial charge in [-0.1, -0.05) is 29.8 Å². The number of hydrogen-bond donors (Lipinski definition) is 1. The average Bonchev–Trinajstić information content (AvgIpc) is 3.14. The SMILES string of the molecule is COc1cc(C=CC(=O)Nc2nc(-c3ccccc3Cl)cs2)cc(Br)c1OC. The molecule has 0 aliphatic carbocycles. The molecule has 144 valence electrons. The quantitative estimate of drug-likeness (QED) is 0.448. The number of carbonyl (C=O) groups excluding carboxylic acids is 1. The summed E-state index contributed by atoms with van der Waals surface area (Å²) >= 11 is 11.0. The second-order valence-corrected chi connectivity index (χ2v) is 7.70. The molecule has 0 saturated heterocycles. The van der Waals surface area contributed by atoms with Crippen LogP contribution in [0.2, 0.25) is 5.02 Å². The smallest absolute Gasteiger partial charge is 0.250 e. The van der Waals surface area contributed by atoms with E-state index < -0.39 is 0 Å². The summed E-state index contributed by atoms with van der Waals surface area (Å²) in [6, 6.07) is 11.1. The first-order valence-corrected chi connectivity index (χ1v) is 10.2. The lowest BCUT2D eigenvalue weighted by Crippen LogP contribution is -2.07. The van der Waals surface area contributed by atoms with Crippen LogP contribution in [-0.2, 0) is 4.79 Å². The summed E-state index contributed by atoms with van der Waals surface area (Å²) in [5, 5.41) is 5.73. The highest BCUT2D eigenvalue weighted by Gasteiger charge is 2.11. The molecule has 2 aromatic carbocycles. The molecule has 0 radical (unpaired) electrons. The third kappa shape index (κ3) is 4.73. The zero-order chi connectivity index (χ0) is 20.1. The van der Waals surface area contributed by atoms with Crippen molar-refractivity contribution < 1.29 is 14.3 Å². The van der Waals surface area contributed by atoms with Crippen LogP contribution in [0, 0.1) is 0 Å². The van der Waals surface area contributed by atoms with Crippen molar-refractivity contribution in [3.05, 3.63) is 62.9 Å². The fourth-order valence-electron chi connectivity index (χ4n) is 2.48. The van der Waals surface area contributed by atoms with E-state index in [0.717, 1.165) is 21.3 Å². The van der Waals surface area contributed by atoms with Crippen LogP contribution >= 0.6 is 38.9 Å². The first kappa shape index (κ1) is 20.4. The van der Waals surface area contributed by atoms with Crippen LogP contribution in [0.4, 0.5) is 5.13 Å². The number of nitrogens with one attached hydrogen (secondary N) is 1. The maximum atomic E-state index is 12.2. The number of hydrogen-bond acceptors (Lipinski definition) is 5. The van der Waals surface area contributed by atoms with Gasteiger partial charge in [0.2, 0.25) is 5.91 Å². The second kappa shape index (κ2) is 9.23. The van der Waals surface area contributed by atoms with Crippen molar-refractivity contribution in [2.24, 2.45) is 0 Å². The lowest BCUT2D eigenvalue weighted by atomic mass is 10.2. The van der Waals surface area contributed by atoms with E-state index >= 15 is 0 Å². The number of amides is 1. The minimum absolute atomic E-state index is 0.286. The molecule has 5 nitrogen and oxygen atoms in total. The van der Waals surface area contributed by atoms with Gasteiger partial charge in [-0.15, -0.1) is 11.3 Å². The van der Waals surface area contributed by atoms with Gasteiger partial charge in [0, 0.05) is 22.0 Å². The van der Waals surface area contributed by atoms with Crippen LogP contribution in [0.1, 0.15) is 5.56 Å². The Morgan fingerprint density at radius 2 is 2.04 bits per heavy atom. The molecule has 0 aliphatic rings. The van der Waals surface area contributed by atoms with Crippen molar-refractivity contribution in [1.29, 1.82) is 0 Å². The zero-order valence-electron chi connectivity index (χ0n) is 15.0. The maximum absolute atomic E-state index is 12.2. The van der Waals surface area contributed by atoms with Crippen molar-refractivity contribution in [3.8, 4) is 22.8 Å². The predicted molar refractivity (Wildman–Crippen MR) is 117 cm³/mol. The van der Waals surface area contributed by atoms with E-state index in [4.69, 9.17) is 21.1 Å². The van der Waals surface area contributed by atoms with Gasteiger partial charge in [0.1, 0.15) is 0 Å². The van der Waals surface area contributed by atoms with E-state index in [-0.39, 0.29) is 5.91 Å². The molecular formula is C20H16BrClN2O3S. The van der Waals surface area contributed by atoms with Gasteiger partial charge in [0.15, 0.2) is 16.6 Å². The highest BCUT2D eigenvalue weighted by molar-refractivity contribution is 9.10. The Labute approximate surface area is 180 Å². The maximum Gasteiger partial charge on any atom is 0.250 e. The van der Waals surface area contributed by atoms with Crippen LogP contribution in [0.15, 0.2) is 52.3 Å². The molecule has 0 unspecified atom stereocenters. The largest absolute Gasteiger partial charge is 0.493 e. The minimum Gasteiger partial charge on any atom is -0.493 e. The molecular weight excluding hydrogens is 464 g/mol. The predicted octanol–water partition coefficient (Wildman–Crippen LogP) is 5.90. The van der Waals surface area contributed by atoms with Crippen molar-refractivity contribution >= 4 is 56.0 Å². The molecule has 0 atom stereocenters. The molecule has 28 heavy (non-hydrogen) atoms. The standard InChI is InChI=1S/C20H16BrClN2O3S/c1-26-17-10-12(9-14(21)19(17)27-2)7-8-18(25)24-20-23-16(11-28-20)13-5-3-4-6-15(13)22/h3-11H,1-2H3,(H,23,24,25). The normalized spacial score (nSPS) is 10.9. The Balaban J connectivity index is 1.71. The van der Waals surface area contributed by atoms with Crippen LogP contribution < -0.4 is 14.8 Å². The number of rotatable bonds is 6. The van der Waals surface area contributed by atoms with Crippen LogP contribution in [0.5, 0.6) is 11.5 Å². The van der Waals surface area contributed by atoms with Crippen molar-refractivity contribution in [1.82, 2.24) is 4.98 Å². The Kier molecular flexibility index (Phi) is 6.72. The van der Waals surface area contributed by atoms with Gasteiger partial charge in [-0.3, -0.25) is 10.1 Å². The Bertz CT molecular complexity index is 1040. The summed E-state index contributed by atoms with van der Waals surface area (Å²) < 4.78 is 11.3. The molecule has 3 rings (SSSR count). The topological polar surface area (TPSA) is 60.5 Å². The number of ether oxygens (including phenoxy) is 2. The summed E-state index contributed by atoms with van der Waals surface area (Å²) in [5.74, 6) is 0.881. The number of thiazole rings is 1. The number of carbonyl (C=O) groups is 1. The second-order valence-electron chi connectivity index (χ2n) is 5.58. The summed E-state index contributed by atoms with van der Waals surface area (Å²) in [7, 11) is 3.13. The molecule has 1 heterocycles. The number of benzene rings is 2. The molecule has 3 aromatic rings. The van der Waals surface area contributed by atoms with Crippen LogP contribution in [-0.4, -0.2) is 25.1 Å². The molecule has 0 aliphatic heterocycles. The van der Waals surface area contributed by atoms with Crippen molar-refractivity contribution in [3.63, 3.8) is 0 Å². The molecule has 0 bridgehead atoms. The van der Waals surface area contributed by atoms with Gasteiger partial charge in [0.25, 0.3) is 0 Å². The van der Waals surface area contributed by atoms with Crippen molar-refractivity contribution in [2.45, 2.75) is 0 Å². The van der Waals surface area contributed by atoms with E-state index in [9.17, 15) is 4.79 Å². The minimum atomic E-state index is -0.286. The van der Waals surface area contributed by atoms with E-state index in [0.29, 0.717) is 21.7 Å². The lowest BCUT2D eigenvalue weighted by molar-refractivity contribution is -0.111. The monoisotopic (exact) mass is 478 g/mol. The zero-order valence-corrected chi connectivity index (χ0v) is 18.2. The highest BCUT2D eigenvalue weighted by atomic mass is 79.9. The third-order valence-corrected chi connectivity index (χ3v) is 5.44. The number of methoxy groups -OCH3 is 2. The van der Waals surface area contributed by atoms with Crippen molar-refractivity contribution in [2.75, 3.05) is 19.5 Å². The van der Waals surface area contributed by atoms with Gasteiger partial charge >= 0.3 is 0 Å². The van der Waals surface area contributed by atoms with E-state index in [1.807, 2.05) is 29.6 Å². The van der Waals surface area contributed by atoms with E-state index in [2.05, 4.69) is 26.2 Å². The Hall–Kier alpha value is -2.35. The Morgan fingerprint density at radius 1 is 1.25 bits per heavy atom. The van der Waals surface area contributed by atoms with Gasteiger partial charge < -0.3 is 9.47 Å². The molecule has 0 fully saturated rings. The fourth-order valence-corrected chi connectivity index (χ4v) is 4.04. The Morgan fingerprint density at radius 3 is 2.75 bits per heavy atom. The summed E-state index contributed by atoms with van der Waals surface area (Å²) in [5.41, 5.74) is 2.33. The fraction of sp³-hybridized carbons (Fsp3) is 0.100. The van der Waals surface area contributed by atoms with Crippen LogP contribution in [0.3, 0.4) is 0 Å². The summed E-state index contributed by atoms with van der Waals surface area (Å²) in [6.45, 7) is 0. The number of halogens is 2.